The average Bonchev–Trinajstić information content (AvgIpc) is 3.30. The Morgan fingerprint density at radius 3 is 2.05 bits per heavy atom. The maximum Gasteiger partial charge on any atom is 0.259 e. The Balaban J connectivity index is 1.41. The highest BCUT2D eigenvalue weighted by molar-refractivity contribution is 7.89. The fraction of sp³-hybridized carbons (Fsp3) is 0.200. The SMILES string of the molecule is Cc1cc(/C=N/NC(=O)C2CN(S(=O)(=O)c3ccccc3)CCN2S(=O)(=O)c2ccccc2)c(C)n1-c1ccc(F)cc1. The zero-order valence-corrected chi connectivity index (χ0v) is 25.1. The molecule has 1 saturated heterocycles. The van der Waals surface area contributed by atoms with Crippen LogP contribution in [0.25, 0.3) is 5.69 Å². The molecule has 1 atom stereocenters. The van der Waals surface area contributed by atoms with E-state index in [1.165, 1.54) is 42.6 Å². The lowest BCUT2D eigenvalue weighted by atomic mass is 10.2. The number of hydrogen-bond donors (Lipinski definition) is 1. The second kappa shape index (κ2) is 12.2. The molecule has 1 unspecified atom stereocenters. The highest BCUT2D eigenvalue weighted by atomic mass is 32.2. The van der Waals surface area contributed by atoms with Crippen LogP contribution in [0.5, 0.6) is 0 Å². The van der Waals surface area contributed by atoms with E-state index >= 15 is 0 Å². The first-order chi connectivity index (χ1) is 20.5. The summed E-state index contributed by atoms with van der Waals surface area (Å²) in [4.78, 5) is 13.5. The number of hydrogen-bond acceptors (Lipinski definition) is 6. The molecule has 0 bridgehead atoms. The van der Waals surface area contributed by atoms with E-state index in [0.29, 0.717) is 5.56 Å². The van der Waals surface area contributed by atoms with Gasteiger partial charge < -0.3 is 4.57 Å². The third-order valence-corrected chi connectivity index (χ3v) is 11.1. The van der Waals surface area contributed by atoms with Crippen LogP contribution < -0.4 is 5.43 Å². The third kappa shape index (κ3) is 6.15. The highest BCUT2D eigenvalue weighted by Gasteiger charge is 2.43. The fourth-order valence-corrected chi connectivity index (χ4v) is 8.13. The van der Waals surface area contributed by atoms with Crippen molar-refractivity contribution in [2.45, 2.75) is 29.7 Å². The summed E-state index contributed by atoms with van der Waals surface area (Å²) in [5.41, 5.74) is 5.48. The first kappa shape index (κ1) is 30.3. The van der Waals surface area contributed by atoms with Gasteiger partial charge in [0.05, 0.1) is 16.0 Å². The number of aromatic nitrogens is 1. The van der Waals surface area contributed by atoms with Gasteiger partial charge in [-0.05, 0) is 68.4 Å². The Kier molecular flexibility index (Phi) is 8.60. The van der Waals surface area contributed by atoms with Crippen molar-refractivity contribution in [2.24, 2.45) is 5.10 Å². The number of nitrogens with one attached hydrogen (secondary N) is 1. The van der Waals surface area contributed by atoms with E-state index in [4.69, 9.17) is 0 Å². The minimum atomic E-state index is -4.14. The summed E-state index contributed by atoms with van der Waals surface area (Å²) >= 11 is 0. The Bertz CT molecular complexity index is 1860. The molecule has 1 aromatic heterocycles. The molecule has 2 heterocycles. The Morgan fingerprint density at radius 2 is 1.44 bits per heavy atom. The number of halogens is 1. The Morgan fingerprint density at radius 1 is 0.860 bits per heavy atom. The number of hydrazone groups is 1. The molecule has 0 spiro atoms. The molecule has 1 amide bonds. The van der Waals surface area contributed by atoms with E-state index < -0.39 is 38.5 Å². The van der Waals surface area contributed by atoms with E-state index in [1.54, 1.807) is 48.5 Å². The van der Waals surface area contributed by atoms with Gasteiger partial charge >= 0.3 is 0 Å². The molecule has 1 aliphatic heterocycles. The number of piperazine rings is 1. The maximum atomic E-state index is 13.6. The fourth-order valence-electron chi connectivity index (χ4n) is 5.08. The van der Waals surface area contributed by atoms with Gasteiger partial charge in [0, 0.05) is 42.3 Å². The first-order valence-electron chi connectivity index (χ1n) is 13.4. The molecule has 3 aromatic carbocycles. The van der Waals surface area contributed by atoms with E-state index in [-0.39, 0.29) is 28.7 Å². The zero-order valence-electron chi connectivity index (χ0n) is 23.5. The van der Waals surface area contributed by atoms with Crippen LogP contribution in [0.3, 0.4) is 0 Å². The molecule has 0 aliphatic carbocycles. The second-order valence-electron chi connectivity index (χ2n) is 9.99. The van der Waals surface area contributed by atoms with E-state index in [9.17, 15) is 26.0 Å². The minimum Gasteiger partial charge on any atom is -0.318 e. The molecule has 43 heavy (non-hydrogen) atoms. The van der Waals surface area contributed by atoms with Crippen molar-refractivity contribution in [2.75, 3.05) is 19.6 Å². The molecule has 0 saturated carbocycles. The summed E-state index contributed by atoms with van der Waals surface area (Å²) in [5, 5.41) is 4.09. The van der Waals surface area contributed by atoms with Crippen molar-refractivity contribution < 1.29 is 26.0 Å². The molecule has 1 fully saturated rings. The topological polar surface area (TPSA) is 121 Å². The summed E-state index contributed by atoms with van der Waals surface area (Å²) in [6.45, 7) is 2.96. The summed E-state index contributed by atoms with van der Waals surface area (Å²) in [6, 6.07) is 21.9. The van der Waals surface area contributed by atoms with E-state index in [1.807, 2.05) is 24.5 Å². The molecule has 4 aromatic rings. The van der Waals surface area contributed by atoms with Gasteiger partial charge in [0.25, 0.3) is 5.91 Å². The predicted molar refractivity (Wildman–Crippen MR) is 160 cm³/mol. The standard InChI is InChI=1S/C30H30FN5O5S2/c1-22-19-24(23(2)36(22)26-15-13-25(31)14-16-26)20-32-33-30(37)29-21-34(42(38,39)27-9-5-3-6-10-27)17-18-35(29)43(40,41)28-11-7-4-8-12-28/h3-16,19-20,29H,17-18,21H2,1-2H3,(H,33,37)/b32-20+. The van der Waals surface area contributed by atoms with Crippen LogP contribution in [0.4, 0.5) is 4.39 Å². The lowest BCUT2D eigenvalue weighted by Crippen LogP contribution is -2.60. The molecule has 5 rings (SSSR count). The summed E-state index contributed by atoms with van der Waals surface area (Å²) < 4.78 is 71.3. The molecule has 13 heteroatoms. The number of aryl methyl sites for hydroxylation is 1. The van der Waals surface area contributed by atoms with Gasteiger partial charge in [0.15, 0.2) is 0 Å². The largest absolute Gasteiger partial charge is 0.318 e. The van der Waals surface area contributed by atoms with Gasteiger partial charge in [-0.25, -0.2) is 26.7 Å². The number of carbonyl (C=O) groups excluding carboxylic acids is 1. The third-order valence-electron chi connectivity index (χ3n) is 7.26. The molecular weight excluding hydrogens is 593 g/mol. The second-order valence-corrected chi connectivity index (χ2v) is 13.8. The number of benzene rings is 3. The number of carbonyl (C=O) groups is 1. The van der Waals surface area contributed by atoms with Gasteiger partial charge in [0.1, 0.15) is 11.9 Å². The Hall–Kier alpha value is -4.17. The van der Waals surface area contributed by atoms with Crippen molar-refractivity contribution in [3.8, 4) is 5.69 Å². The zero-order chi connectivity index (χ0) is 30.8. The molecule has 1 aliphatic rings. The van der Waals surface area contributed by atoms with Crippen LogP contribution >= 0.6 is 0 Å². The highest BCUT2D eigenvalue weighted by Crippen LogP contribution is 2.26. The lowest BCUT2D eigenvalue weighted by molar-refractivity contribution is -0.125. The monoisotopic (exact) mass is 623 g/mol. The van der Waals surface area contributed by atoms with Crippen molar-refractivity contribution in [1.82, 2.24) is 18.6 Å². The lowest BCUT2D eigenvalue weighted by Gasteiger charge is -2.38. The van der Waals surface area contributed by atoms with Crippen LogP contribution in [0.15, 0.2) is 106 Å². The summed E-state index contributed by atoms with van der Waals surface area (Å²) in [6.07, 6.45) is 1.43. The van der Waals surface area contributed by atoms with Crippen LogP contribution in [0.2, 0.25) is 0 Å². The van der Waals surface area contributed by atoms with Crippen molar-refractivity contribution >= 4 is 32.2 Å². The Labute approximate surface area is 250 Å². The van der Waals surface area contributed by atoms with Crippen LogP contribution in [-0.4, -0.2) is 67.8 Å². The molecule has 0 radical (unpaired) electrons. The quantitative estimate of drug-likeness (QED) is 0.238. The average molecular weight is 624 g/mol. The minimum absolute atomic E-state index is 0.0103. The van der Waals surface area contributed by atoms with Crippen LogP contribution in [0.1, 0.15) is 17.0 Å². The van der Waals surface area contributed by atoms with Crippen LogP contribution in [-0.2, 0) is 24.8 Å². The first-order valence-corrected chi connectivity index (χ1v) is 16.3. The smallest absolute Gasteiger partial charge is 0.259 e. The predicted octanol–water partition coefficient (Wildman–Crippen LogP) is 3.45. The molecule has 10 nitrogen and oxygen atoms in total. The van der Waals surface area contributed by atoms with Gasteiger partial charge in [-0.15, -0.1) is 0 Å². The van der Waals surface area contributed by atoms with Crippen molar-refractivity contribution in [3.63, 3.8) is 0 Å². The number of sulfonamides is 2. The van der Waals surface area contributed by atoms with E-state index in [2.05, 4.69) is 10.5 Å². The van der Waals surface area contributed by atoms with Gasteiger partial charge in [-0.2, -0.15) is 13.7 Å². The van der Waals surface area contributed by atoms with Crippen molar-refractivity contribution in [1.29, 1.82) is 0 Å². The number of nitrogens with zero attached hydrogens (tertiary/aromatic N) is 4. The normalized spacial score (nSPS) is 16.9. The molecule has 224 valence electrons. The van der Waals surface area contributed by atoms with Gasteiger partial charge in [-0.1, -0.05) is 36.4 Å². The molecule has 1 N–H and O–H groups in total. The van der Waals surface area contributed by atoms with Gasteiger partial charge in [0.2, 0.25) is 20.0 Å². The number of amides is 1. The van der Waals surface area contributed by atoms with Gasteiger partial charge in [-0.3, -0.25) is 4.79 Å². The number of rotatable bonds is 8. The maximum absolute atomic E-state index is 13.6. The molecular formula is C30H30FN5O5S2. The van der Waals surface area contributed by atoms with E-state index in [0.717, 1.165) is 25.7 Å². The summed E-state index contributed by atoms with van der Waals surface area (Å²) in [5.74, 6) is -1.13. The van der Waals surface area contributed by atoms with Crippen molar-refractivity contribution in [3.05, 3.63) is 114 Å². The van der Waals surface area contributed by atoms with Crippen LogP contribution in [0, 0.1) is 19.7 Å². The summed E-state index contributed by atoms with van der Waals surface area (Å²) in [7, 11) is -8.14.